The summed E-state index contributed by atoms with van der Waals surface area (Å²) in [5.74, 6) is 0.808. The van der Waals surface area contributed by atoms with Gasteiger partial charge < -0.3 is 5.32 Å². The first-order valence-electron chi connectivity index (χ1n) is 5.99. The lowest BCUT2D eigenvalue weighted by molar-refractivity contribution is 0.148. The molecule has 1 aliphatic rings. The lowest BCUT2D eigenvalue weighted by atomic mass is 10.1. The van der Waals surface area contributed by atoms with Crippen LogP contribution in [-0.2, 0) is 0 Å². The van der Waals surface area contributed by atoms with Crippen molar-refractivity contribution in [2.75, 3.05) is 25.9 Å². The zero-order chi connectivity index (χ0) is 11.3. The van der Waals surface area contributed by atoms with Crippen LogP contribution in [0.4, 0.5) is 0 Å². The summed E-state index contributed by atoms with van der Waals surface area (Å²) < 4.78 is 0. The van der Waals surface area contributed by atoms with Gasteiger partial charge in [0.25, 0.3) is 0 Å². The highest BCUT2D eigenvalue weighted by molar-refractivity contribution is 7.99. The highest BCUT2D eigenvalue weighted by Gasteiger charge is 2.33. The molecule has 1 saturated heterocycles. The molecule has 0 aromatic carbocycles. The molecule has 1 rings (SSSR count). The molecule has 1 heterocycles. The fraction of sp³-hybridized carbons (Fsp3) is 1.00. The molecule has 0 spiro atoms. The maximum Gasteiger partial charge on any atom is 0.0736 e. The van der Waals surface area contributed by atoms with Crippen molar-refractivity contribution in [1.29, 1.82) is 0 Å². The van der Waals surface area contributed by atoms with Crippen molar-refractivity contribution in [3.63, 3.8) is 0 Å². The number of nitrogens with one attached hydrogen (secondary N) is 2. The van der Waals surface area contributed by atoms with E-state index in [0.29, 0.717) is 6.17 Å². The number of hydrogen-bond donors (Lipinski definition) is 2. The molecule has 3 unspecified atom stereocenters. The predicted molar refractivity (Wildman–Crippen MR) is 68.9 cm³/mol. The lowest BCUT2D eigenvalue weighted by Gasteiger charge is -2.24. The van der Waals surface area contributed by atoms with Crippen LogP contribution in [0, 0.1) is 5.92 Å². The number of nitrogens with zero attached hydrogens (tertiary/aromatic N) is 1. The van der Waals surface area contributed by atoms with Gasteiger partial charge in [-0.25, -0.2) is 5.01 Å². The second kappa shape index (κ2) is 6.74. The average molecular weight is 231 g/mol. The second-order valence-electron chi connectivity index (χ2n) is 4.17. The largest absolute Gasteiger partial charge is 0.301 e. The third-order valence-electron chi connectivity index (χ3n) is 3.17. The summed E-state index contributed by atoms with van der Waals surface area (Å²) >= 11 is 1.98. The molecule has 0 bridgehead atoms. The molecular weight excluding hydrogens is 206 g/mol. The van der Waals surface area contributed by atoms with E-state index in [0.717, 1.165) is 24.3 Å². The van der Waals surface area contributed by atoms with Crippen LogP contribution in [0.25, 0.3) is 0 Å². The van der Waals surface area contributed by atoms with Crippen molar-refractivity contribution < 1.29 is 0 Å². The fourth-order valence-electron chi connectivity index (χ4n) is 2.21. The van der Waals surface area contributed by atoms with E-state index in [4.69, 9.17) is 0 Å². The molecule has 90 valence electrons. The molecule has 2 N–H and O–H groups in total. The number of thioether (sulfide) groups is 1. The maximum absolute atomic E-state index is 3.54. The molecule has 1 aliphatic heterocycles. The fourth-order valence-corrected chi connectivity index (χ4v) is 2.79. The molecule has 1 fully saturated rings. The Morgan fingerprint density at radius 2 is 2.13 bits per heavy atom. The monoisotopic (exact) mass is 231 g/mol. The first kappa shape index (κ1) is 13.3. The van der Waals surface area contributed by atoms with E-state index >= 15 is 0 Å². The van der Waals surface area contributed by atoms with Gasteiger partial charge in [-0.1, -0.05) is 20.8 Å². The minimum Gasteiger partial charge on any atom is -0.301 e. The second-order valence-corrected chi connectivity index (χ2v) is 5.39. The lowest BCUT2D eigenvalue weighted by Crippen LogP contribution is -2.48. The van der Waals surface area contributed by atoms with Crippen LogP contribution in [0.1, 0.15) is 27.2 Å². The maximum atomic E-state index is 3.54. The van der Waals surface area contributed by atoms with Gasteiger partial charge in [0.1, 0.15) is 0 Å². The highest BCUT2D eigenvalue weighted by Crippen LogP contribution is 2.28. The molecule has 3 atom stereocenters. The zero-order valence-electron chi connectivity index (χ0n) is 10.4. The van der Waals surface area contributed by atoms with E-state index < -0.39 is 0 Å². The Bertz CT molecular complexity index is 163. The minimum atomic E-state index is 0.523. The van der Waals surface area contributed by atoms with Crippen molar-refractivity contribution in [3.05, 3.63) is 0 Å². The predicted octanol–water partition coefficient (Wildman–Crippen LogP) is 1.52. The van der Waals surface area contributed by atoms with Gasteiger partial charge in [0.15, 0.2) is 0 Å². The number of hydrazine groups is 1. The van der Waals surface area contributed by atoms with Crippen molar-refractivity contribution >= 4 is 11.8 Å². The van der Waals surface area contributed by atoms with Crippen molar-refractivity contribution in [2.24, 2.45) is 5.92 Å². The SMILES string of the molecule is CCNC1CC(C(C)SC)CN1NCC. The normalized spacial score (nSPS) is 29.6. The van der Waals surface area contributed by atoms with Crippen LogP contribution in [0.3, 0.4) is 0 Å². The van der Waals surface area contributed by atoms with Gasteiger partial charge >= 0.3 is 0 Å². The van der Waals surface area contributed by atoms with Gasteiger partial charge in [-0.05, 0) is 25.1 Å². The van der Waals surface area contributed by atoms with Gasteiger partial charge in [-0.2, -0.15) is 11.8 Å². The molecular formula is C11H25N3S. The van der Waals surface area contributed by atoms with Crippen LogP contribution in [0.15, 0.2) is 0 Å². The quantitative estimate of drug-likeness (QED) is 0.725. The van der Waals surface area contributed by atoms with Gasteiger partial charge in [-0.3, -0.25) is 5.43 Å². The van der Waals surface area contributed by atoms with Gasteiger partial charge in [0.2, 0.25) is 0 Å². The molecule has 0 aromatic heterocycles. The van der Waals surface area contributed by atoms with E-state index in [-0.39, 0.29) is 0 Å². The Hall–Kier alpha value is 0.230. The third kappa shape index (κ3) is 3.63. The third-order valence-corrected chi connectivity index (χ3v) is 4.30. The Kier molecular flexibility index (Phi) is 5.97. The molecule has 0 radical (unpaired) electrons. The van der Waals surface area contributed by atoms with E-state index in [2.05, 4.69) is 42.8 Å². The van der Waals surface area contributed by atoms with Crippen LogP contribution in [-0.4, -0.2) is 42.3 Å². The Morgan fingerprint density at radius 3 is 2.67 bits per heavy atom. The number of rotatable bonds is 6. The van der Waals surface area contributed by atoms with Crippen molar-refractivity contribution in [3.8, 4) is 0 Å². The Balaban J connectivity index is 2.48. The first-order chi connectivity index (χ1) is 7.22. The van der Waals surface area contributed by atoms with E-state index in [1.165, 1.54) is 13.0 Å². The molecule has 3 nitrogen and oxygen atoms in total. The Labute approximate surface area is 98.3 Å². The van der Waals surface area contributed by atoms with Crippen molar-refractivity contribution in [2.45, 2.75) is 38.6 Å². The standard InChI is InChI=1S/C11H25N3S/c1-5-12-11-7-10(9(3)15-4)8-14(11)13-6-2/h9-13H,5-8H2,1-4H3. The molecule has 15 heavy (non-hydrogen) atoms. The first-order valence-corrected chi connectivity index (χ1v) is 7.28. The minimum absolute atomic E-state index is 0.523. The van der Waals surface area contributed by atoms with Crippen LogP contribution in [0.5, 0.6) is 0 Å². The molecule has 0 aromatic rings. The van der Waals surface area contributed by atoms with Crippen LogP contribution in [0.2, 0.25) is 0 Å². The van der Waals surface area contributed by atoms with Crippen LogP contribution < -0.4 is 10.7 Å². The van der Waals surface area contributed by atoms with Gasteiger partial charge in [-0.15, -0.1) is 0 Å². The summed E-state index contributed by atoms with van der Waals surface area (Å²) in [5.41, 5.74) is 3.45. The van der Waals surface area contributed by atoms with Crippen LogP contribution >= 0.6 is 11.8 Å². The van der Waals surface area contributed by atoms with E-state index in [1.54, 1.807) is 0 Å². The summed E-state index contributed by atoms with van der Waals surface area (Å²) in [4.78, 5) is 0. The average Bonchev–Trinajstić information content (AvgIpc) is 2.62. The zero-order valence-corrected chi connectivity index (χ0v) is 11.2. The summed E-state index contributed by atoms with van der Waals surface area (Å²) in [5, 5.41) is 6.68. The smallest absolute Gasteiger partial charge is 0.0736 e. The summed E-state index contributed by atoms with van der Waals surface area (Å²) in [6, 6.07) is 0. The van der Waals surface area contributed by atoms with Gasteiger partial charge in [0, 0.05) is 18.3 Å². The molecule has 4 heteroatoms. The molecule has 0 saturated carbocycles. The summed E-state index contributed by atoms with van der Waals surface area (Å²) in [7, 11) is 0. The summed E-state index contributed by atoms with van der Waals surface area (Å²) in [6.07, 6.45) is 4.00. The van der Waals surface area contributed by atoms with Gasteiger partial charge in [0.05, 0.1) is 6.17 Å². The van der Waals surface area contributed by atoms with E-state index in [9.17, 15) is 0 Å². The molecule has 0 aliphatic carbocycles. The Morgan fingerprint density at radius 1 is 1.40 bits per heavy atom. The van der Waals surface area contributed by atoms with Crippen molar-refractivity contribution in [1.82, 2.24) is 15.8 Å². The topological polar surface area (TPSA) is 27.3 Å². The van der Waals surface area contributed by atoms with E-state index in [1.807, 2.05) is 11.8 Å². The summed E-state index contributed by atoms with van der Waals surface area (Å²) in [6.45, 7) is 9.92. The number of hydrogen-bond acceptors (Lipinski definition) is 4. The molecule has 0 amide bonds. The highest BCUT2D eigenvalue weighted by atomic mass is 32.2.